The quantitative estimate of drug-likeness (QED) is 0.489. The van der Waals surface area contributed by atoms with Crippen LogP contribution in [0.4, 0.5) is 0 Å². The summed E-state index contributed by atoms with van der Waals surface area (Å²) in [5.74, 6) is 0. The molecule has 0 heterocycles. The van der Waals surface area contributed by atoms with Gasteiger partial charge in [-0.25, -0.2) is 0 Å². The zero-order valence-corrected chi connectivity index (χ0v) is 7.61. The van der Waals surface area contributed by atoms with Crippen LogP contribution in [0.1, 0.15) is 20.8 Å². The van der Waals surface area contributed by atoms with Crippen molar-refractivity contribution in [3.8, 4) is 0 Å². The van der Waals surface area contributed by atoms with E-state index in [0.29, 0.717) is 7.56 Å². The van der Waals surface area contributed by atoms with Gasteiger partial charge in [-0.2, -0.15) is 0 Å². The van der Waals surface area contributed by atoms with Gasteiger partial charge in [0.1, 0.15) is 0 Å². The Balaban J connectivity index is 4.03. The van der Waals surface area contributed by atoms with E-state index in [1.54, 1.807) is 0 Å². The third-order valence-electron chi connectivity index (χ3n) is 0.693. The first-order chi connectivity index (χ1) is 3.48. The standard InChI is InChI=1S/C5H9Cl2P/c1-5(2,3)4(6)8-7/h1-3H3. The Morgan fingerprint density at radius 2 is 1.75 bits per heavy atom. The maximum atomic E-state index is 5.71. The van der Waals surface area contributed by atoms with E-state index in [4.69, 9.17) is 22.8 Å². The highest BCUT2D eigenvalue weighted by Gasteiger charge is 2.14. The van der Waals surface area contributed by atoms with E-state index in [0.717, 1.165) is 4.75 Å². The van der Waals surface area contributed by atoms with Crippen LogP contribution in [0.25, 0.3) is 0 Å². The molecule has 0 aliphatic carbocycles. The lowest BCUT2D eigenvalue weighted by atomic mass is 10.0. The highest BCUT2D eigenvalue weighted by Crippen LogP contribution is 2.25. The van der Waals surface area contributed by atoms with E-state index in [2.05, 4.69) is 0 Å². The third-order valence-corrected chi connectivity index (χ3v) is 3.10. The van der Waals surface area contributed by atoms with Crippen molar-refractivity contribution in [2.75, 3.05) is 0 Å². The number of rotatable bonds is 0. The second-order valence-corrected chi connectivity index (χ2v) is 4.39. The highest BCUT2D eigenvalue weighted by atomic mass is 35.7. The molecule has 0 amide bonds. The van der Waals surface area contributed by atoms with Gasteiger partial charge in [0.25, 0.3) is 0 Å². The molecular formula is C5H9Cl2P. The first-order valence-electron chi connectivity index (χ1n) is 2.33. The molecule has 3 heteroatoms. The van der Waals surface area contributed by atoms with E-state index >= 15 is 0 Å². The van der Waals surface area contributed by atoms with Crippen LogP contribution < -0.4 is 0 Å². The van der Waals surface area contributed by atoms with E-state index in [1.807, 2.05) is 20.8 Å². The molecule has 0 saturated carbocycles. The molecule has 0 spiro atoms. The van der Waals surface area contributed by atoms with Gasteiger partial charge in [-0.15, -0.1) is 0 Å². The Labute approximate surface area is 61.8 Å². The number of halogens is 2. The van der Waals surface area contributed by atoms with Gasteiger partial charge in [0, 0.05) is 13.0 Å². The molecule has 0 nitrogen and oxygen atoms in total. The lowest BCUT2D eigenvalue weighted by Crippen LogP contribution is -2.11. The molecule has 0 radical (unpaired) electrons. The number of hydrogen-bond donors (Lipinski definition) is 0. The summed E-state index contributed by atoms with van der Waals surface area (Å²) >= 11 is 11.2. The molecule has 0 saturated heterocycles. The van der Waals surface area contributed by atoms with Gasteiger partial charge in [-0.3, -0.25) is 0 Å². The molecule has 0 bridgehead atoms. The van der Waals surface area contributed by atoms with E-state index in [9.17, 15) is 0 Å². The van der Waals surface area contributed by atoms with Crippen LogP contribution in [-0.4, -0.2) is 4.75 Å². The summed E-state index contributed by atoms with van der Waals surface area (Å²) in [6, 6.07) is 0. The normalized spacial score (nSPS) is 14.4. The van der Waals surface area contributed by atoms with Gasteiger partial charge < -0.3 is 0 Å². The second-order valence-electron chi connectivity index (χ2n) is 2.63. The SMILES string of the molecule is CC(C)(C)C(Cl)=PCl. The molecule has 0 unspecified atom stereocenters. The van der Waals surface area contributed by atoms with Crippen molar-refractivity contribution in [2.45, 2.75) is 20.8 Å². The summed E-state index contributed by atoms with van der Waals surface area (Å²) in [7, 11) is 0.662. The molecule has 0 atom stereocenters. The van der Waals surface area contributed by atoms with Gasteiger partial charge in [0.15, 0.2) is 0 Å². The molecule has 0 aromatic heterocycles. The Bertz CT molecular complexity index is 101. The van der Waals surface area contributed by atoms with Crippen LogP contribution in [0.2, 0.25) is 0 Å². The summed E-state index contributed by atoms with van der Waals surface area (Å²) in [5.41, 5.74) is 0.0465. The number of hydrogen-bond acceptors (Lipinski definition) is 0. The summed E-state index contributed by atoms with van der Waals surface area (Å²) in [5, 5.41) is 0. The van der Waals surface area contributed by atoms with Crippen molar-refractivity contribution in [1.29, 1.82) is 0 Å². The van der Waals surface area contributed by atoms with Crippen molar-refractivity contribution in [2.24, 2.45) is 5.41 Å². The summed E-state index contributed by atoms with van der Waals surface area (Å²) in [6.07, 6.45) is 0. The zero-order valence-electron chi connectivity index (χ0n) is 5.20. The minimum Gasteiger partial charge on any atom is -0.0823 e. The molecule has 0 aromatic carbocycles. The van der Waals surface area contributed by atoms with Crippen molar-refractivity contribution in [3.63, 3.8) is 0 Å². The minimum atomic E-state index is 0.0465. The molecular weight excluding hydrogens is 162 g/mol. The van der Waals surface area contributed by atoms with Crippen LogP contribution in [0.3, 0.4) is 0 Å². The molecule has 0 aliphatic heterocycles. The fourth-order valence-electron chi connectivity index (χ4n) is 0.127. The summed E-state index contributed by atoms with van der Waals surface area (Å²) in [4.78, 5) is 0. The molecule has 0 aromatic rings. The van der Waals surface area contributed by atoms with Gasteiger partial charge in [0.05, 0.1) is 4.75 Å². The van der Waals surface area contributed by atoms with Crippen LogP contribution >= 0.6 is 30.4 Å². The molecule has 48 valence electrons. The van der Waals surface area contributed by atoms with Crippen LogP contribution in [-0.2, 0) is 0 Å². The van der Waals surface area contributed by atoms with Gasteiger partial charge in [-0.05, 0) is 0 Å². The third kappa shape index (κ3) is 2.91. The molecule has 0 fully saturated rings. The van der Waals surface area contributed by atoms with E-state index in [1.165, 1.54) is 0 Å². The maximum Gasteiger partial charge on any atom is 0.0620 e. The van der Waals surface area contributed by atoms with Crippen molar-refractivity contribution in [1.82, 2.24) is 0 Å². The van der Waals surface area contributed by atoms with Gasteiger partial charge in [-0.1, -0.05) is 43.6 Å². The van der Waals surface area contributed by atoms with E-state index in [-0.39, 0.29) is 5.41 Å². The highest BCUT2D eigenvalue weighted by molar-refractivity contribution is 7.71. The van der Waals surface area contributed by atoms with Crippen LogP contribution in [0.5, 0.6) is 0 Å². The lowest BCUT2D eigenvalue weighted by molar-refractivity contribution is 0.609. The van der Waals surface area contributed by atoms with Crippen molar-refractivity contribution >= 4 is 35.2 Å². The van der Waals surface area contributed by atoms with E-state index < -0.39 is 0 Å². The lowest BCUT2D eigenvalue weighted by Gasteiger charge is -2.14. The molecule has 0 N–H and O–H groups in total. The molecule has 0 rings (SSSR count). The monoisotopic (exact) mass is 170 g/mol. The molecule has 0 aliphatic rings. The van der Waals surface area contributed by atoms with Gasteiger partial charge in [0.2, 0.25) is 0 Å². The summed E-state index contributed by atoms with van der Waals surface area (Å²) in [6.45, 7) is 6.10. The Kier molecular flexibility index (Phi) is 3.34. The zero-order chi connectivity index (χ0) is 6.78. The smallest absolute Gasteiger partial charge is 0.0620 e. The summed E-state index contributed by atoms with van der Waals surface area (Å²) < 4.78 is 0.791. The average molecular weight is 171 g/mol. The fraction of sp³-hybridized carbons (Fsp3) is 0.800. The first kappa shape index (κ1) is 8.75. The minimum absolute atomic E-state index is 0.0465. The molecule has 8 heavy (non-hydrogen) atoms. The Hall–Kier alpha value is 0.750. The van der Waals surface area contributed by atoms with Crippen molar-refractivity contribution in [3.05, 3.63) is 0 Å². The predicted molar refractivity (Wildman–Crippen MR) is 43.1 cm³/mol. The Morgan fingerprint density at radius 1 is 1.38 bits per heavy atom. The van der Waals surface area contributed by atoms with Gasteiger partial charge >= 0.3 is 0 Å². The largest absolute Gasteiger partial charge is 0.0823 e. The van der Waals surface area contributed by atoms with Crippen LogP contribution in [0.15, 0.2) is 0 Å². The topological polar surface area (TPSA) is 0 Å². The Morgan fingerprint density at radius 3 is 1.75 bits per heavy atom. The maximum absolute atomic E-state index is 5.71. The second kappa shape index (κ2) is 3.06. The van der Waals surface area contributed by atoms with Crippen LogP contribution in [0, 0.1) is 5.41 Å². The first-order valence-corrected chi connectivity index (χ1v) is 4.51. The predicted octanol–water partition coefficient (Wildman–Crippen LogP) is 3.50. The van der Waals surface area contributed by atoms with Crippen molar-refractivity contribution < 1.29 is 0 Å². The average Bonchev–Trinajstić information content (AvgIpc) is 1.62. The fourth-order valence-corrected chi connectivity index (χ4v) is 1.14.